The number of aromatic carboxylic acids is 1. The minimum absolute atomic E-state index is 0.00620. The molecule has 0 aromatic heterocycles. The number of thioether (sulfide) groups is 1. The van der Waals surface area contributed by atoms with Gasteiger partial charge in [-0.2, -0.15) is 0 Å². The highest BCUT2D eigenvalue weighted by atomic mass is 32.2. The Labute approximate surface area is 246 Å². The molecule has 0 heterocycles. The van der Waals surface area contributed by atoms with Crippen LogP contribution >= 0.6 is 11.8 Å². The number of aryl methyl sites for hydroxylation is 1. The van der Waals surface area contributed by atoms with Crippen LogP contribution in [0.15, 0.2) is 108 Å². The van der Waals surface area contributed by atoms with Crippen molar-refractivity contribution in [2.24, 2.45) is 0 Å². The molecule has 0 aliphatic heterocycles. The summed E-state index contributed by atoms with van der Waals surface area (Å²) in [4.78, 5) is 50.6. The average Bonchev–Trinajstić information content (AvgIpc) is 2.98. The van der Waals surface area contributed by atoms with E-state index in [1.54, 1.807) is 60.7 Å². The van der Waals surface area contributed by atoms with E-state index in [2.05, 4.69) is 16.0 Å². The number of carboxylic acid groups (broad SMARTS) is 1. The van der Waals surface area contributed by atoms with Gasteiger partial charge in [0.05, 0.1) is 5.75 Å². The second-order valence-electron chi connectivity index (χ2n) is 9.09. The van der Waals surface area contributed by atoms with Gasteiger partial charge in [0.2, 0.25) is 5.91 Å². The minimum Gasteiger partial charge on any atom is -0.507 e. The van der Waals surface area contributed by atoms with Crippen LogP contribution in [0.4, 0.5) is 11.4 Å². The number of hydrogen-bond donors (Lipinski definition) is 5. The fourth-order valence-electron chi connectivity index (χ4n) is 3.84. The molecule has 5 N–H and O–H groups in total. The van der Waals surface area contributed by atoms with E-state index in [1.807, 2.05) is 31.2 Å². The van der Waals surface area contributed by atoms with E-state index < -0.39 is 23.5 Å². The van der Waals surface area contributed by atoms with Crippen molar-refractivity contribution in [3.8, 4) is 5.75 Å². The fourth-order valence-corrected chi connectivity index (χ4v) is 4.59. The molecule has 4 rings (SSSR count). The molecule has 4 aromatic rings. The van der Waals surface area contributed by atoms with Gasteiger partial charge in [0.1, 0.15) is 17.0 Å². The van der Waals surface area contributed by atoms with Gasteiger partial charge in [-0.25, -0.2) is 4.79 Å². The lowest BCUT2D eigenvalue weighted by atomic mass is 10.1. The van der Waals surface area contributed by atoms with Gasteiger partial charge in [-0.3, -0.25) is 14.4 Å². The van der Waals surface area contributed by atoms with Crippen LogP contribution in [0.5, 0.6) is 5.75 Å². The van der Waals surface area contributed by atoms with Gasteiger partial charge in [-0.1, -0.05) is 48.5 Å². The number of phenols is 1. The number of benzene rings is 4. The Hall–Kier alpha value is -5.35. The number of carboxylic acids is 1. The van der Waals surface area contributed by atoms with Gasteiger partial charge < -0.3 is 26.2 Å². The van der Waals surface area contributed by atoms with Crippen molar-refractivity contribution in [2.75, 3.05) is 16.4 Å². The molecule has 42 heavy (non-hydrogen) atoms. The molecule has 0 atom stereocenters. The van der Waals surface area contributed by atoms with E-state index in [0.29, 0.717) is 16.1 Å². The molecule has 0 saturated carbocycles. The molecular formula is C32H27N3O6S. The summed E-state index contributed by atoms with van der Waals surface area (Å²) in [6.45, 7) is 1.91. The van der Waals surface area contributed by atoms with Crippen molar-refractivity contribution < 1.29 is 29.4 Å². The molecule has 4 aromatic carbocycles. The SMILES string of the molecule is Cc1ccccc1/C=C(\NC(=O)c1ccccc1)C(=O)Nc1cccc(SCC(=O)Nc2ccc(O)c(C(=O)O)c2)c1. The summed E-state index contributed by atoms with van der Waals surface area (Å²) in [7, 11) is 0. The smallest absolute Gasteiger partial charge is 0.339 e. The molecule has 0 fully saturated rings. The minimum atomic E-state index is -1.31. The van der Waals surface area contributed by atoms with Crippen LogP contribution in [0.3, 0.4) is 0 Å². The van der Waals surface area contributed by atoms with E-state index in [4.69, 9.17) is 5.11 Å². The molecule has 212 valence electrons. The van der Waals surface area contributed by atoms with E-state index in [0.717, 1.165) is 11.1 Å². The largest absolute Gasteiger partial charge is 0.507 e. The Kier molecular flexibility index (Phi) is 9.75. The Morgan fingerprint density at radius 3 is 2.26 bits per heavy atom. The first-order valence-corrected chi connectivity index (χ1v) is 13.7. The molecule has 0 radical (unpaired) electrons. The highest BCUT2D eigenvalue weighted by molar-refractivity contribution is 8.00. The molecule has 0 aliphatic rings. The zero-order valence-corrected chi connectivity index (χ0v) is 23.3. The van der Waals surface area contributed by atoms with Crippen LogP contribution in [0, 0.1) is 6.92 Å². The number of hydrogen-bond acceptors (Lipinski definition) is 6. The molecule has 0 bridgehead atoms. The summed E-state index contributed by atoms with van der Waals surface area (Å²) >= 11 is 1.21. The van der Waals surface area contributed by atoms with Crippen molar-refractivity contribution >= 4 is 52.9 Å². The van der Waals surface area contributed by atoms with Gasteiger partial charge in [0, 0.05) is 21.8 Å². The predicted octanol–water partition coefficient (Wildman–Crippen LogP) is 5.54. The third-order valence-corrected chi connectivity index (χ3v) is 6.98. The van der Waals surface area contributed by atoms with Gasteiger partial charge in [0.25, 0.3) is 11.8 Å². The maximum Gasteiger partial charge on any atom is 0.339 e. The monoisotopic (exact) mass is 581 g/mol. The van der Waals surface area contributed by atoms with Crippen molar-refractivity contribution in [1.82, 2.24) is 5.32 Å². The van der Waals surface area contributed by atoms with Crippen molar-refractivity contribution in [2.45, 2.75) is 11.8 Å². The summed E-state index contributed by atoms with van der Waals surface area (Å²) < 4.78 is 0. The first-order chi connectivity index (χ1) is 20.2. The third-order valence-electron chi connectivity index (χ3n) is 5.99. The van der Waals surface area contributed by atoms with Gasteiger partial charge in [0.15, 0.2) is 0 Å². The van der Waals surface area contributed by atoms with Crippen molar-refractivity contribution in [3.05, 3.63) is 125 Å². The number of carbonyl (C=O) groups is 4. The lowest BCUT2D eigenvalue weighted by Crippen LogP contribution is -2.30. The van der Waals surface area contributed by atoms with E-state index >= 15 is 0 Å². The number of anilines is 2. The van der Waals surface area contributed by atoms with Gasteiger partial charge in [-0.05, 0) is 72.7 Å². The molecule has 0 unspecified atom stereocenters. The number of aromatic hydroxyl groups is 1. The molecule has 3 amide bonds. The zero-order chi connectivity index (χ0) is 30.1. The first kappa shape index (κ1) is 29.6. The zero-order valence-electron chi connectivity index (χ0n) is 22.5. The lowest BCUT2D eigenvalue weighted by molar-refractivity contribution is -0.114. The van der Waals surface area contributed by atoms with Crippen molar-refractivity contribution in [1.29, 1.82) is 0 Å². The quantitative estimate of drug-likeness (QED) is 0.0939. The second kappa shape index (κ2) is 13.8. The first-order valence-electron chi connectivity index (χ1n) is 12.7. The van der Waals surface area contributed by atoms with E-state index in [1.165, 1.54) is 30.0 Å². The number of nitrogens with one attached hydrogen (secondary N) is 3. The predicted molar refractivity (Wildman–Crippen MR) is 163 cm³/mol. The molecule has 9 nitrogen and oxygen atoms in total. The Morgan fingerprint density at radius 2 is 1.52 bits per heavy atom. The third kappa shape index (κ3) is 8.09. The van der Waals surface area contributed by atoms with Crippen molar-refractivity contribution in [3.63, 3.8) is 0 Å². The summed E-state index contributed by atoms with van der Waals surface area (Å²) in [5, 5.41) is 26.9. The average molecular weight is 582 g/mol. The van der Waals surface area contributed by atoms with E-state index in [-0.39, 0.29) is 28.6 Å². The fraction of sp³-hybridized carbons (Fsp3) is 0.0625. The Morgan fingerprint density at radius 1 is 0.810 bits per heavy atom. The second-order valence-corrected chi connectivity index (χ2v) is 10.1. The van der Waals surface area contributed by atoms with Crippen LogP contribution in [0.1, 0.15) is 31.8 Å². The molecule has 0 spiro atoms. The van der Waals surface area contributed by atoms with Crippen LogP contribution in [-0.2, 0) is 9.59 Å². The number of amides is 3. The highest BCUT2D eigenvalue weighted by Gasteiger charge is 2.16. The Bertz CT molecular complexity index is 1670. The Balaban J connectivity index is 1.44. The summed E-state index contributed by atoms with van der Waals surface area (Å²) in [6.07, 6.45) is 1.62. The molecule has 0 saturated heterocycles. The summed E-state index contributed by atoms with van der Waals surface area (Å²) in [5.41, 5.74) is 2.55. The van der Waals surface area contributed by atoms with Crippen LogP contribution in [-0.4, -0.2) is 39.7 Å². The standard InChI is InChI=1S/C32H27N3O6S/c1-20-8-5-6-11-22(20)16-27(35-30(38)21-9-3-2-4-10-21)31(39)34-23-12-7-13-25(17-23)42-19-29(37)33-24-14-15-28(36)26(18-24)32(40)41/h2-18,36H,19H2,1H3,(H,33,37)(H,34,39)(H,35,38)(H,40,41)/b27-16-. The van der Waals surface area contributed by atoms with E-state index in [9.17, 15) is 24.3 Å². The summed E-state index contributed by atoms with van der Waals surface area (Å²) in [5.74, 6) is -3.04. The maximum absolute atomic E-state index is 13.4. The maximum atomic E-state index is 13.4. The lowest BCUT2D eigenvalue weighted by Gasteiger charge is -2.13. The molecule has 0 aliphatic carbocycles. The topological polar surface area (TPSA) is 145 Å². The van der Waals surface area contributed by atoms with Gasteiger partial charge in [-0.15, -0.1) is 11.8 Å². The number of rotatable bonds is 10. The van der Waals surface area contributed by atoms with Crippen LogP contribution in [0.25, 0.3) is 6.08 Å². The van der Waals surface area contributed by atoms with Gasteiger partial charge >= 0.3 is 5.97 Å². The molecule has 10 heteroatoms. The molecular weight excluding hydrogens is 554 g/mol. The summed E-state index contributed by atoms with van der Waals surface area (Å²) in [6, 6.07) is 26.7. The highest BCUT2D eigenvalue weighted by Crippen LogP contribution is 2.24. The number of carbonyl (C=O) groups excluding carboxylic acids is 3. The van der Waals surface area contributed by atoms with Crippen LogP contribution in [0.2, 0.25) is 0 Å². The van der Waals surface area contributed by atoms with Crippen LogP contribution < -0.4 is 16.0 Å². The normalized spacial score (nSPS) is 10.9.